The first-order valence-corrected chi connectivity index (χ1v) is 9.00. The van der Waals surface area contributed by atoms with E-state index in [1.165, 1.54) is 10.7 Å². The van der Waals surface area contributed by atoms with Crippen molar-refractivity contribution >= 4 is 17.7 Å². The van der Waals surface area contributed by atoms with E-state index in [0.717, 1.165) is 17.3 Å². The third-order valence-corrected chi connectivity index (χ3v) is 4.70. The molecule has 0 saturated heterocycles. The lowest BCUT2D eigenvalue weighted by Gasteiger charge is -2.07. The number of amides is 1. The van der Waals surface area contributed by atoms with Gasteiger partial charge in [0.05, 0.1) is 5.75 Å². The number of carbonyl (C=O) groups excluding carboxylic acids is 1. The molecular weight excluding hydrogens is 373 g/mol. The van der Waals surface area contributed by atoms with Crippen LogP contribution in [0.15, 0.2) is 47.6 Å². The molecule has 1 aromatic heterocycles. The third-order valence-electron chi connectivity index (χ3n) is 3.78. The van der Waals surface area contributed by atoms with E-state index in [9.17, 15) is 9.18 Å². The van der Waals surface area contributed by atoms with Gasteiger partial charge in [-0.25, -0.2) is 4.39 Å². The van der Waals surface area contributed by atoms with Gasteiger partial charge in [0.15, 0.2) is 11.5 Å². The van der Waals surface area contributed by atoms with Gasteiger partial charge in [0.1, 0.15) is 11.5 Å². The molecule has 0 atom stereocenters. The molecule has 1 aliphatic heterocycles. The van der Waals surface area contributed by atoms with Crippen molar-refractivity contribution in [3.63, 3.8) is 0 Å². The minimum Gasteiger partial charge on any atom is -0.454 e. The summed E-state index contributed by atoms with van der Waals surface area (Å²) in [5, 5.41) is 14.3. The maximum Gasteiger partial charge on any atom is 0.231 e. The van der Waals surface area contributed by atoms with Gasteiger partial charge in [-0.15, -0.1) is 5.10 Å². The average molecular weight is 387 g/mol. The number of carbonyl (C=O) groups is 1. The SMILES string of the molecule is O=C(CSc1nnnn1-c1ccccc1F)NCc1ccc2c(c1)OCO2. The lowest BCUT2D eigenvalue weighted by molar-refractivity contribution is -0.118. The van der Waals surface area contributed by atoms with Crippen molar-refractivity contribution in [3.8, 4) is 17.2 Å². The van der Waals surface area contributed by atoms with Gasteiger partial charge >= 0.3 is 0 Å². The minimum atomic E-state index is -0.445. The maximum absolute atomic E-state index is 13.9. The summed E-state index contributed by atoms with van der Waals surface area (Å²) in [4.78, 5) is 12.1. The quantitative estimate of drug-likeness (QED) is 0.646. The van der Waals surface area contributed by atoms with Crippen molar-refractivity contribution in [3.05, 3.63) is 53.8 Å². The van der Waals surface area contributed by atoms with Crippen LogP contribution >= 0.6 is 11.8 Å². The van der Waals surface area contributed by atoms with Crippen LogP contribution in [0.2, 0.25) is 0 Å². The molecule has 1 aliphatic rings. The number of nitrogens with zero attached hydrogens (tertiary/aromatic N) is 4. The number of hydrogen-bond acceptors (Lipinski definition) is 7. The zero-order valence-electron chi connectivity index (χ0n) is 14.0. The highest BCUT2D eigenvalue weighted by Gasteiger charge is 2.15. The Bertz CT molecular complexity index is 981. The lowest BCUT2D eigenvalue weighted by Crippen LogP contribution is -2.24. The van der Waals surface area contributed by atoms with Crippen LogP contribution in [0.4, 0.5) is 4.39 Å². The smallest absolute Gasteiger partial charge is 0.231 e. The van der Waals surface area contributed by atoms with E-state index < -0.39 is 5.82 Å². The fourth-order valence-electron chi connectivity index (χ4n) is 2.48. The number of hydrogen-bond donors (Lipinski definition) is 1. The van der Waals surface area contributed by atoms with Gasteiger partial charge in [0.25, 0.3) is 0 Å². The van der Waals surface area contributed by atoms with Gasteiger partial charge in [0.2, 0.25) is 17.9 Å². The molecule has 4 rings (SSSR count). The van der Waals surface area contributed by atoms with E-state index in [1.807, 2.05) is 12.1 Å². The molecule has 0 aliphatic carbocycles. The van der Waals surface area contributed by atoms with Crippen LogP contribution in [-0.4, -0.2) is 38.7 Å². The minimum absolute atomic E-state index is 0.0966. The zero-order valence-corrected chi connectivity index (χ0v) is 14.8. The molecule has 1 amide bonds. The normalized spacial score (nSPS) is 12.2. The lowest BCUT2D eigenvalue weighted by atomic mass is 10.2. The zero-order chi connectivity index (χ0) is 18.6. The fourth-order valence-corrected chi connectivity index (χ4v) is 3.19. The number of fused-ring (bicyclic) bond motifs is 1. The standard InChI is InChI=1S/C17H14FN5O3S/c18-12-3-1-2-4-13(12)23-17(20-21-22-23)27-9-16(24)19-8-11-5-6-14-15(7-11)26-10-25-14/h1-7H,8-10H2,(H,19,24). The molecule has 0 saturated carbocycles. The summed E-state index contributed by atoms with van der Waals surface area (Å²) in [6, 6.07) is 11.7. The van der Waals surface area contributed by atoms with E-state index in [1.54, 1.807) is 24.3 Å². The van der Waals surface area contributed by atoms with Gasteiger partial charge < -0.3 is 14.8 Å². The first-order chi connectivity index (χ1) is 13.2. The largest absolute Gasteiger partial charge is 0.454 e. The van der Waals surface area contributed by atoms with Gasteiger partial charge in [-0.05, 0) is 40.3 Å². The Hall–Kier alpha value is -3.14. The van der Waals surface area contributed by atoms with Crippen LogP contribution in [0, 0.1) is 5.82 Å². The summed E-state index contributed by atoms with van der Waals surface area (Å²) in [6.45, 7) is 0.562. The molecule has 0 radical (unpaired) electrons. The number of tetrazole rings is 1. The molecule has 2 heterocycles. The van der Waals surface area contributed by atoms with Crippen LogP contribution < -0.4 is 14.8 Å². The Morgan fingerprint density at radius 1 is 1.22 bits per heavy atom. The highest BCUT2D eigenvalue weighted by molar-refractivity contribution is 7.99. The third kappa shape index (κ3) is 3.85. The number of thioether (sulfide) groups is 1. The highest BCUT2D eigenvalue weighted by atomic mass is 32.2. The highest BCUT2D eigenvalue weighted by Crippen LogP contribution is 2.32. The number of nitrogens with one attached hydrogen (secondary N) is 1. The van der Waals surface area contributed by atoms with Crippen molar-refractivity contribution in [2.75, 3.05) is 12.5 Å². The topological polar surface area (TPSA) is 91.2 Å². The number of aromatic nitrogens is 4. The van der Waals surface area contributed by atoms with E-state index in [4.69, 9.17) is 9.47 Å². The van der Waals surface area contributed by atoms with Crippen molar-refractivity contribution in [2.24, 2.45) is 0 Å². The van der Waals surface area contributed by atoms with Crippen LogP contribution in [0.25, 0.3) is 5.69 Å². The van der Waals surface area contributed by atoms with Crippen LogP contribution in [0.1, 0.15) is 5.56 Å². The van der Waals surface area contributed by atoms with Crippen LogP contribution in [-0.2, 0) is 11.3 Å². The van der Waals surface area contributed by atoms with Gasteiger partial charge in [-0.2, -0.15) is 4.68 Å². The molecular formula is C17H14FN5O3S. The molecule has 27 heavy (non-hydrogen) atoms. The van der Waals surface area contributed by atoms with Crippen molar-refractivity contribution in [1.29, 1.82) is 0 Å². The Morgan fingerprint density at radius 2 is 2.07 bits per heavy atom. The predicted molar refractivity (Wildman–Crippen MR) is 94.2 cm³/mol. The average Bonchev–Trinajstić information content (AvgIpc) is 3.33. The Kier molecular flexibility index (Phi) is 4.88. The van der Waals surface area contributed by atoms with Crippen molar-refractivity contribution < 1.29 is 18.7 Å². The van der Waals surface area contributed by atoms with E-state index in [-0.39, 0.29) is 24.1 Å². The second-order valence-corrected chi connectivity index (χ2v) is 6.52. The molecule has 3 aromatic rings. The monoisotopic (exact) mass is 387 g/mol. The van der Waals surface area contributed by atoms with E-state index >= 15 is 0 Å². The van der Waals surface area contributed by atoms with Crippen LogP contribution in [0.3, 0.4) is 0 Å². The first-order valence-electron chi connectivity index (χ1n) is 8.02. The van der Waals surface area contributed by atoms with Gasteiger partial charge in [-0.1, -0.05) is 30.0 Å². The molecule has 8 nitrogen and oxygen atoms in total. The molecule has 0 bridgehead atoms. The van der Waals surface area contributed by atoms with Crippen LogP contribution in [0.5, 0.6) is 11.5 Å². The number of halogens is 1. The number of para-hydroxylation sites is 1. The number of benzene rings is 2. The summed E-state index contributed by atoms with van der Waals surface area (Å²) >= 11 is 1.12. The Balaban J connectivity index is 1.34. The summed E-state index contributed by atoms with van der Waals surface area (Å²) in [5.41, 5.74) is 1.12. The summed E-state index contributed by atoms with van der Waals surface area (Å²) in [6.07, 6.45) is 0. The van der Waals surface area contributed by atoms with Gasteiger partial charge in [0, 0.05) is 6.54 Å². The van der Waals surface area contributed by atoms with E-state index in [0.29, 0.717) is 23.2 Å². The molecule has 0 unspecified atom stereocenters. The Morgan fingerprint density at radius 3 is 2.96 bits per heavy atom. The molecule has 138 valence electrons. The summed E-state index contributed by atoms with van der Waals surface area (Å²) in [5.74, 6) is 0.819. The predicted octanol–water partition coefficient (Wildman–Crippen LogP) is 1.94. The van der Waals surface area contributed by atoms with E-state index in [2.05, 4.69) is 20.8 Å². The number of rotatable bonds is 6. The first kappa shape index (κ1) is 17.3. The summed E-state index contributed by atoms with van der Waals surface area (Å²) in [7, 11) is 0. The fraction of sp³-hybridized carbons (Fsp3) is 0.176. The molecule has 0 fully saturated rings. The molecule has 2 aromatic carbocycles. The molecule has 0 spiro atoms. The molecule has 10 heteroatoms. The van der Waals surface area contributed by atoms with Crippen molar-refractivity contribution in [2.45, 2.75) is 11.7 Å². The number of ether oxygens (including phenoxy) is 2. The Labute approximate surface area is 157 Å². The summed E-state index contributed by atoms with van der Waals surface area (Å²) < 4.78 is 25.7. The van der Waals surface area contributed by atoms with Gasteiger partial charge in [-0.3, -0.25) is 4.79 Å². The van der Waals surface area contributed by atoms with Crippen molar-refractivity contribution in [1.82, 2.24) is 25.5 Å². The molecule has 1 N–H and O–H groups in total. The second-order valence-electron chi connectivity index (χ2n) is 5.58. The maximum atomic E-state index is 13.9. The second kappa shape index (κ2) is 7.62.